The summed E-state index contributed by atoms with van der Waals surface area (Å²) in [5.74, 6) is 1.65. The Bertz CT molecular complexity index is 320. The number of aryl methyl sites for hydroxylation is 1. The van der Waals surface area contributed by atoms with Gasteiger partial charge in [0.2, 0.25) is 0 Å². The molecule has 1 aromatic rings. The number of nitrogens with two attached hydrogens (primary N) is 1. The standard InChI is InChI=1S/C14H21NO/c1-11-5-7-13(8-6-11)16-14-4-2-3-12(9-14)10-15/h5-8,12,14H,2-4,9-10,15H2,1H3. The Hall–Kier alpha value is -1.02. The molecule has 0 aliphatic heterocycles. The number of rotatable bonds is 3. The molecule has 0 bridgehead atoms. The average Bonchev–Trinajstić information content (AvgIpc) is 2.32. The Balaban J connectivity index is 1.91. The number of hydrogen-bond acceptors (Lipinski definition) is 2. The predicted octanol–water partition coefficient (Wildman–Crippen LogP) is 2.89. The topological polar surface area (TPSA) is 35.2 Å². The summed E-state index contributed by atoms with van der Waals surface area (Å²) in [6, 6.07) is 8.31. The lowest BCUT2D eigenvalue weighted by atomic mass is 9.87. The van der Waals surface area contributed by atoms with Crippen molar-refractivity contribution in [1.82, 2.24) is 0 Å². The Labute approximate surface area is 97.8 Å². The van der Waals surface area contributed by atoms with Crippen LogP contribution < -0.4 is 10.5 Å². The van der Waals surface area contributed by atoms with Gasteiger partial charge in [-0.2, -0.15) is 0 Å². The van der Waals surface area contributed by atoms with Crippen LogP contribution in [0.25, 0.3) is 0 Å². The maximum Gasteiger partial charge on any atom is 0.119 e. The molecule has 2 nitrogen and oxygen atoms in total. The first-order valence-corrected chi connectivity index (χ1v) is 6.21. The minimum atomic E-state index is 0.366. The molecule has 0 spiro atoms. The minimum absolute atomic E-state index is 0.366. The van der Waals surface area contributed by atoms with E-state index >= 15 is 0 Å². The van der Waals surface area contributed by atoms with Gasteiger partial charge < -0.3 is 10.5 Å². The lowest BCUT2D eigenvalue weighted by Crippen LogP contribution is -2.29. The Morgan fingerprint density at radius 1 is 1.25 bits per heavy atom. The fraction of sp³-hybridized carbons (Fsp3) is 0.571. The highest BCUT2D eigenvalue weighted by atomic mass is 16.5. The number of benzene rings is 1. The molecule has 2 unspecified atom stereocenters. The maximum absolute atomic E-state index is 5.99. The van der Waals surface area contributed by atoms with Crippen molar-refractivity contribution < 1.29 is 4.74 Å². The zero-order valence-corrected chi connectivity index (χ0v) is 9.99. The maximum atomic E-state index is 5.99. The first kappa shape index (κ1) is 11.5. The van der Waals surface area contributed by atoms with Crippen molar-refractivity contribution in [2.24, 2.45) is 11.7 Å². The van der Waals surface area contributed by atoms with Gasteiger partial charge in [0.15, 0.2) is 0 Å². The van der Waals surface area contributed by atoms with Gasteiger partial charge in [0.25, 0.3) is 0 Å². The van der Waals surface area contributed by atoms with Gasteiger partial charge in [-0.3, -0.25) is 0 Å². The molecule has 0 heterocycles. The largest absolute Gasteiger partial charge is 0.490 e. The third-order valence-corrected chi connectivity index (χ3v) is 3.39. The lowest BCUT2D eigenvalue weighted by Gasteiger charge is -2.28. The molecule has 1 aliphatic rings. The molecule has 0 saturated heterocycles. The van der Waals surface area contributed by atoms with E-state index in [1.165, 1.54) is 24.8 Å². The fourth-order valence-electron chi connectivity index (χ4n) is 2.37. The highest BCUT2D eigenvalue weighted by Gasteiger charge is 2.22. The van der Waals surface area contributed by atoms with Crippen molar-refractivity contribution >= 4 is 0 Å². The molecule has 1 fully saturated rings. The third kappa shape index (κ3) is 2.99. The Morgan fingerprint density at radius 2 is 2.00 bits per heavy atom. The predicted molar refractivity (Wildman–Crippen MR) is 66.6 cm³/mol. The van der Waals surface area contributed by atoms with Crippen LogP contribution in [0, 0.1) is 12.8 Å². The second-order valence-corrected chi connectivity index (χ2v) is 4.82. The second kappa shape index (κ2) is 5.35. The van der Waals surface area contributed by atoms with E-state index < -0.39 is 0 Å². The smallest absolute Gasteiger partial charge is 0.119 e. The monoisotopic (exact) mass is 219 g/mol. The summed E-state index contributed by atoms with van der Waals surface area (Å²) < 4.78 is 5.99. The molecule has 2 N–H and O–H groups in total. The van der Waals surface area contributed by atoms with Crippen LogP contribution in [0.2, 0.25) is 0 Å². The van der Waals surface area contributed by atoms with E-state index in [0.29, 0.717) is 12.0 Å². The third-order valence-electron chi connectivity index (χ3n) is 3.39. The fourth-order valence-corrected chi connectivity index (χ4v) is 2.37. The van der Waals surface area contributed by atoms with Crippen molar-refractivity contribution in [3.8, 4) is 5.75 Å². The molecule has 1 saturated carbocycles. The van der Waals surface area contributed by atoms with Crippen LogP contribution in [-0.4, -0.2) is 12.6 Å². The molecule has 0 amide bonds. The quantitative estimate of drug-likeness (QED) is 0.848. The van der Waals surface area contributed by atoms with Crippen LogP contribution in [0.5, 0.6) is 5.75 Å². The first-order chi connectivity index (χ1) is 7.78. The molecule has 0 aromatic heterocycles. The summed E-state index contributed by atoms with van der Waals surface area (Å²) >= 11 is 0. The Kier molecular flexibility index (Phi) is 3.83. The van der Waals surface area contributed by atoms with Gasteiger partial charge >= 0.3 is 0 Å². The molecule has 1 aliphatic carbocycles. The summed E-state index contributed by atoms with van der Waals surface area (Å²) in [6.07, 6.45) is 5.17. The van der Waals surface area contributed by atoms with E-state index in [1.807, 2.05) is 0 Å². The van der Waals surface area contributed by atoms with Gasteiger partial charge in [-0.1, -0.05) is 17.7 Å². The van der Waals surface area contributed by atoms with Crippen molar-refractivity contribution in [1.29, 1.82) is 0 Å². The van der Waals surface area contributed by atoms with E-state index in [-0.39, 0.29) is 0 Å². The molecule has 0 radical (unpaired) electrons. The summed E-state index contributed by atoms with van der Waals surface area (Å²) in [4.78, 5) is 0. The zero-order valence-electron chi connectivity index (χ0n) is 9.99. The number of ether oxygens (including phenoxy) is 1. The van der Waals surface area contributed by atoms with Crippen molar-refractivity contribution in [2.45, 2.75) is 38.7 Å². The van der Waals surface area contributed by atoms with Gasteiger partial charge in [0.1, 0.15) is 5.75 Å². The number of hydrogen-bond donors (Lipinski definition) is 1. The molecular weight excluding hydrogens is 198 g/mol. The van der Waals surface area contributed by atoms with Gasteiger partial charge in [0.05, 0.1) is 6.10 Å². The summed E-state index contributed by atoms with van der Waals surface area (Å²) in [6.45, 7) is 2.89. The molecule has 2 rings (SSSR count). The van der Waals surface area contributed by atoms with E-state index in [1.54, 1.807) is 0 Å². The SMILES string of the molecule is Cc1ccc(OC2CCCC(CN)C2)cc1. The second-order valence-electron chi connectivity index (χ2n) is 4.82. The van der Waals surface area contributed by atoms with E-state index in [9.17, 15) is 0 Å². The first-order valence-electron chi connectivity index (χ1n) is 6.21. The van der Waals surface area contributed by atoms with Crippen molar-refractivity contribution in [3.05, 3.63) is 29.8 Å². The van der Waals surface area contributed by atoms with Gasteiger partial charge in [-0.25, -0.2) is 0 Å². The van der Waals surface area contributed by atoms with E-state index in [0.717, 1.165) is 18.7 Å². The highest BCUT2D eigenvalue weighted by Crippen LogP contribution is 2.27. The summed E-state index contributed by atoms with van der Waals surface area (Å²) in [7, 11) is 0. The van der Waals surface area contributed by atoms with Crippen LogP contribution in [-0.2, 0) is 0 Å². The van der Waals surface area contributed by atoms with Crippen LogP contribution in [0.3, 0.4) is 0 Å². The van der Waals surface area contributed by atoms with Gasteiger partial charge in [-0.05, 0) is 57.2 Å². The van der Waals surface area contributed by atoms with Crippen molar-refractivity contribution in [2.75, 3.05) is 6.54 Å². The lowest BCUT2D eigenvalue weighted by molar-refractivity contribution is 0.126. The molecule has 16 heavy (non-hydrogen) atoms. The van der Waals surface area contributed by atoms with Crippen LogP contribution >= 0.6 is 0 Å². The van der Waals surface area contributed by atoms with Crippen LogP contribution in [0.1, 0.15) is 31.2 Å². The molecule has 2 atom stereocenters. The minimum Gasteiger partial charge on any atom is -0.490 e. The molecular formula is C14H21NO. The van der Waals surface area contributed by atoms with Crippen molar-refractivity contribution in [3.63, 3.8) is 0 Å². The zero-order chi connectivity index (χ0) is 11.4. The van der Waals surface area contributed by atoms with Crippen LogP contribution in [0.4, 0.5) is 0 Å². The summed E-state index contributed by atoms with van der Waals surface area (Å²) in [5.41, 5.74) is 7.00. The normalized spacial score (nSPS) is 25.4. The van der Waals surface area contributed by atoms with Crippen LogP contribution in [0.15, 0.2) is 24.3 Å². The van der Waals surface area contributed by atoms with E-state index in [4.69, 9.17) is 10.5 Å². The van der Waals surface area contributed by atoms with E-state index in [2.05, 4.69) is 31.2 Å². The molecule has 88 valence electrons. The van der Waals surface area contributed by atoms with Gasteiger partial charge in [-0.15, -0.1) is 0 Å². The molecule has 1 aromatic carbocycles. The highest BCUT2D eigenvalue weighted by molar-refractivity contribution is 5.26. The molecule has 2 heteroatoms. The summed E-state index contributed by atoms with van der Waals surface area (Å²) in [5, 5.41) is 0. The average molecular weight is 219 g/mol. The Morgan fingerprint density at radius 3 is 2.69 bits per heavy atom. The van der Waals surface area contributed by atoms with Gasteiger partial charge in [0, 0.05) is 0 Å².